The molecule has 1 atom stereocenters. The first-order valence-electron chi connectivity index (χ1n) is 10.2. The Balaban J connectivity index is 1.91. The van der Waals surface area contributed by atoms with Gasteiger partial charge in [-0.3, -0.25) is 9.38 Å². The van der Waals surface area contributed by atoms with Gasteiger partial charge < -0.3 is 4.43 Å². The van der Waals surface area contributed by atoms with E-state index in [1.54, 1.807) is 19.2 Å². The summed E-state index contributed by atoms with van der Waals surface area (Å²) in [4.78, 5) is 4.52. The number of fused-ring (bicyclic) bond motifs is 1. The summed E-state index contributed by atoms with van der Waals surface area (Å²) in [5.74, 6) is -0.380. The Morgan fingerprint density at radius 2 is 1.87 bits per heavy atom. The molecule has 0 saturated carbocycles. The minimum atomic E-state index is -2.70. The standard InChI is InChI=1S/C22H29ClF2N4OSi/c1-13-11-26-17(10-15(13)12-30-31(6,7)22(3,4)5)18(23)16-8-9-29-20(14(16)2)27-28-21(29)19(24)25/h8-11,18-19H,12H2,1-7H3. The van der Waals surface area contributed by atoms with Crippen LogP contribution in [0.15, 0.2) is 24.5 Å². The number of aromatic nitrogens is 4. The molecule has 0 aliphatic rings. The first-order chi connectivity index (χ1) is 14.3. The Bertz CT molecular complexity index is 1100. The normalized spacial score (nSPS) is 13.9. The zero-order valence-corrected chi connectivity index (χ0v) is 20.8. The van der Waals surface area contributed by atoms with Crippen LogP contribution in [0.3, 0.4) is 0 Å². The molecule has 0 spiro atoms. The molecule has 3 aromatic rings. The molecule has 0 bridgehead atoms. The maximum atomic E-state index is 13.1. The molecule has 3 heterocycles. The van der Waals surface area contributed by atoms with Crippen molar-refractivity contribution >= 4 is 25.6 Å². The van der Waals surface area contributed by atoms with Crippen LogP contribution in [0.1, 0.15) is 66.3 Å². The highest BCUT2D eigenvalue weighted by Crippen LogP contribution is 2.38. The molecular formula is C22H29ClF2N4OSi. The number of hydrogen-bond donors (Lipinski definition) is 0. The Morgan fingerprint density at radius 3 is 2.48 bits per heavy atom. The van der Waals surface area contributed by atoms with Crippen LogP contribution >= 0.6 is 11.6 Å². The van der Waals surface area contributed by atoms with Crippen LogP contribution in [-0.4, -0.2) is 27.9 Å². The van der Waals surface area contributed by atoms with E-state index in [0.29, 0.717) is 23.5 Å². The van der Waals surface area contributed by atoms with E-state index < -0.39 is 20.1 Å². The van der Waals surface area contributed by atoms with Gasteiger partial charge in [-0.15, -0.1) is 21.8 Å². The molecule has 168 valence electrons. The fraction of sp³-hybridized carbons (Fsp3) is 0.500. The van der Waals surface area contributed by atoms with Crippen LogP contribution in [0.5, 0.6) is 0 Å². The highest BCUT2D eigenvalue weighted by Gasteiger charge is 2.37. The molecule has 5 nitrogen and oxygen atoms in total. The van der Waals surface area contributed by atoms with Crippen molar-refractivity contribution in [2.24, 2.45) is 0 Å². The first kappa shape index (κ1) is 23.8. The molecular weight excluding hydrogens is 438 g/mol. The quantitative estimate of drug-likeness (QED) is 0.306. The second-order valence-corrected chi connectivity index (χ2v) is 14.6. The van der Waals surface area contributed by atoms with Crippen molar-refractivity contribution in [2.45, 2.75) is 71.2 Å². The average Bonchev–Trinajstić information content (AvgIpc) is 3.11. The molecule has 0 aromatic carbocycles. The van der Waals surface area contributed by atoms with Crippen molar-refractivity contribution in [1.82, 2.24) is 19.6 Å². The van der Waals surface area contributed by atoms with Gasteiger partial charge in [0.2, 0.25) is 5.82 Å². The number of rotatable bonds is 6. The molecule has 3 rings (SSSR count). The van der Waals surface area contributed by atoms with Crippen LogP contribution < -0.4 is 0 Å². The molecule has 0 amide bonds. The SMILES string of the molecule is Cc1cnc(C(Cl)c2ccn3c(C(F)F)nnc3c2C)cc1CO[Si](C)(C)C(C)(C)C. The lowest BCUT2D eigenvalue weighted by atomic mass is 10.0. The number of aryl methyl sites for hydroxylation is 2. The maximum absolute atomic E-state index is 13.1. The molecule has 0 fully saturated rings. The average molecular weight is 467 g/mol. The molecule has 31 heavy (non-hydrogen) atoms. The molecule has 0 radical (unpaired) electrons. The van der Waals surface area contributed by atoms with Crippen LogP contribution in [0, 0.1) is 13.8 Å². The zero-order chi connectivity index (χ0) is 23.1. The van der Waals surface area contributed by atoms with E-state index in [1.807, 2.05) is 13.0 Å². The van der Waals surface area contributed by atoms with Gasteiger partial charge in [0.25, 0.3) is 6.43 Å². The predicted molar refractivity (Wildman–Crippen MR) is 121 cm³/mol. The highest BCUT2D eigenvalue weighted by molar-refractivity contribution is 6.74. The topological polar surface area (TPSA) is 52.3 Å². The minimum Gasteiger partial charge on any atom is -0.413 e. The van der Waals surface area contributed by atoms with Crippen molar-refractivity contribution < 1.29 is 13.2 Å². The fourth-order valence-corrected chi connectivity index (χ4v) is 4.36. The van der Waals surface area contributed by atoms with Gasteiger partial charge in [0, 0.05) is 12.4 Å². The van der Waals surface area contributed by atoms with Gasteiger partial charge in [-0.25, -0.2) is 8.78 Å². The van der Waals surface area contributed by atoms with Gasteiger partial charge in [0.1, 0.15) is 5.38 Å². The molecule has 0 N–H and O–H groups in total. The van der Waals surface area contributed by atoms with Gasteiger partial charge in [-0.1, -0.05) is 20.8 Å². The zero-order valence-electron chi connectivity index (χ0n) is 19.0. The number of alkyl halides is 3. The second-order valence-electron chi connectivity index (χ2n) is 9.40. The third-order valence-electron chi connectivity index (χ3n) is 6.25. The van der Waals surface area contributed by atoms with E-state index >= 15 is 0 Å². The molecule has 0 aliphatic heterocycles. The van der Waals surface area contributed by atoms with Gasteiger partial charge in [-0.2, -0.15) is 0 Å². The summed E-state index contributed by atoms with van der Waals surface area (Å²) in [5, 5.41) is 7.11. The fourth-order valence-electron chi connectivity index (χ4n) is 3.05. The van der Waals surface area contributed by atoms with Crippen molar-refractivity contribution in [3.05, 3.63) is 58.3 Å². The summed E-state index contributed by atoms with van der Waals surface area (Å²) >= 11 is 6.79. The summed E-state index contributed by atoms with van der Waals surface area (Å²) < 4.78 is 33.9. The van der Waals surface area contributed by atoms with Crippen LogP contribution in [0.25, 0.3) is 5.65 Å². The summed E-state index contributed by atoms with van der Waals surface area (Å²) in [7, 11) is -1.90. The second kappa shape index (κ2) is 8.56. The van der Waals surface area contributed by atoms with E-state index in [-0.39, 0.29) is 10.9 Å². The Morgan fingerprint density at radius 1 is 1.19 bits per heavy atom. The monoisotopic (exact) mass is 466 g/mol. The lowest BCUT2D eigenvalue weighted by Gasteiger charge is -2.36. The largest absolute Gasteiger partial charge is 0.413 e. The van der Waals surface area contributed by atoms with E-state index in [1.165, 1.54) is 10.6 Å². The van der Waals surface area contributed by atoms with Crippen LogP contribution in [-0.2, 0) is 11.0 Å². The molecule has 1 unspecified atom stereocenters. The van der Waals surface area contributed by atoms with Crippen LogP contribution in [0.2, 0.25) is 18.1 Å². The van der Waals surface area contributed by atoms with Crippen molar-refractivity contribution in [2.75, 3.05) is 0 Å². The lowest BCUT2D eigenvalue weighted by Crippen LogP contribution is -2.40. The maximum Gasteiger partial charge on any atom is 0.297 e. The van der Waals surface area contributed by atoms with Crippen molar-refractivity contribution in [1.29, 1.82) is 0 Å². The number of pyridine rings is 2. The molecule has 0 aliphatic carbocycles. The Labute approximate surface area is 188 Å². The molecule has 9 heteroatoms. The lowest BCUT2D eigenvalue weighted by molar-refractivity contribution is 0.139. The van der Waals surface area contributed by atoms with Gasteiger partial charge >= 0.3 is 0 Å². The third kappa shape index (κ3) is 4.66. The van der Waals surface area contributed by atoms with Gasteiger partial charge in [-0.05, 0) is 66.4 Å². The first-order valence-corrected chi connectivity index (χ1v) is 13.5. The van der Waals surface area contributed by atoms with Gasteiger partial charge in [0.05, 0.1) is 12.3 Å². The predicted octanol–water partition coefficient (Wildman–Crippen LogP) is 6.53. The van der Waals surface area contributed by atoms with Gasteiger partial charge in [0.15, 0.2) is 14.0 Å². The van der Waals surface area contributed by atoms with E-state index in [0.717, 1.165) is 16.7 Å². The van der Waals surface area contributed by atoms with E-state index in [2.05, 4.69) is 49.0 Å². The third-order valence-corrected chi connectivity index (χ3v) is 11.2. The summed E-state index contributed by atoms with van der Waals surface area (Å²) in [6.07, 6.45) is 0.633. The molecule has 0 saturated heterocycles. The molecule has 3 aromatic heterocycles. The van der Waals surface area contributed by atoms with E-state index in [4.69, 9.17) is 16.0 Å². The summed E-state index contributed by atoms with van der Waals surface area (Å²) in [6.45, 7) is 15.4. The number of hydrogen-bond acceptors (Lipinski definition) is 4. The van der Waals surface area contributed by atoms with Crippen molar-refractivity contribution in [3.63, 3.8) is 0 Å². The van der Waals surface area contributed by atoms with Crippen LogP contribution in [0.4, 0.5) is 8.78 Å². The van der Waals surface area contributed by atoms with E-state index in [9.17, 15) is 8.78 Å². The Hall–Kier alpha value is -1.90. The number of nitrogens with zero attached hydrogens (tertiary/aromatic N) is 4. The Kier molecular flexibility index (Phi) is 6.56. The minimum absolute atomic E-state index is 0.119. The highest BCUT2D eigenvalue weighted by atomic mass is 35.5. The van der Waals surface area contributed by atoms with Crippen molar-refractivity contribution in [3.8, 4) is 0 Å². The summed E-state index contributed by atoms with van der Waals surface area (Å²) in [6, 6.07) is 3.70. The summed E-state index contributed by atoms with van der Waals surface area (Å²) in [5.41, 5.74) is 4.59. The number of halogens is 3. The smallest absolute Gasteiger partial charge is 0.297 e.